The number of thioether (sulfide) groups is 1. The number of anilines is 2. The quantitative estimate of drug-likeness (QED) is 0.361. The number of hydrogen-bond acceptors (Lipinski definition) is 7. The van der Waals surface area contributed by atoms with Crippen LogP contribution in [0.2, 0.25) is 0 Å². The van der Waals surface area contributed by atoms with E-state index in [4.69, 9.17) is 5.84 Å². The zero-order valence-corrected chi connectivity index (χ0v) is 12.4. The molecule has 0 spiro atoms. The molecule has 0 unspecified atom stereocenters. The molecule has 7 heteroatoms. The molecule has 1 aromatic heterocycles. The van der Waals surface area contributed by atoms with Crippen LogP contribution in [0, 0.1) is 0 Å². The molecule has 2 rings (SSSR count). The minimum absolute atomic E-state index is 0.672. The number of nitrogens with two attached hydrogens (primary N) is 1. The van der Waals surface area contributed by atoms with Gasteiger partial charge in [0.25, 0.3) is 0 Å². The molecule has 1 fully saturated rings. The van der Waals surface area contributed by atoms with E-state index in [2.05, 4.69) is 32.1 Å². The second kappa shape index (κ2) is 6.93. The van der Waals surface area contributed by atoms with Crippen LogP contribution in [0.25, 0.3) is 0 Å². The van der Waals surface area contributed by atoms with E-state index in [1.807, 2.05) is 12.3 Å². The van der Waals surface area contributed by atoms with Crippen molar-refractivity contribution < 1.29 is 0 Å². The van der Waals surface area contributed by atoms with Crippen LogP contribution in [-0.2, 0) is 0 Å². The number of rotatable bonds is 5. The van der Waals surface area contributed by atoms with E-state index in [9.17, 15) is 0 Å². The van der Waals surface area contributed by atoms with Crippen LogP contribution in [0.1, 0.15) is 13.3 Å². The zero-order chi connectivity index (χ0) is 13.7. The molecule has 0 atom stereocenters. The molecule has 0 radical (unpaired) electrons. The number of hydrazine groups is 1. The van der Waals surface area contributed by atoms with Gasteiger partial charge in [0.15, 0.2) is 5.16 Å². The first kappa shape index (κ1) is 14.4. The fraction of sp³-hybridized carbons (Fsp3) is 0.667. The first-order valence-electron chi connectivity index (χ1n) is 6.63. The van der Waals surface area contributed by atoms with Gasteiger partial charge in [0, 0.05) is 32.2 Å². The summed E-state index contributed by atoms with van der Waals surface area (Å²) >= 11 is 1.53. The Morgan fingerprint density at radius 1 is 1.32 bits per heavy atom. The maximum absolute atomic E-state index is 5.46. The fourth-order valence-electron chi connectivity index (χ4n) is 2.26. The second-order valence-corrected chi connectivity index (χ2v) is 5.34. The number of piperazine rings is 1. The minimum atomic E-state index is 0.672. The summed E-state index contributed by atoms with van der Waals surface area (Å²) in [5.74, 6) is 7.09. The van der Waals surface area contributed by atoms with Crippen molar-refractivity contribution in [1.29, 1.82) is 0 Å². The Hall–Kier alpha value is -1.05. The Balaban J connectivity index is 2.06. The van der Waals surface area contributed by atoms with Gasteiger partial charge in [-0.3, -0.25) is 4.90 Å². The van der Waals surface area contributed by atoms with Gasteiger partial charge in [-0.05, 0) is 19.2 Å². The third kappa shape index (κ3) is 3.71. The number of hydrogen-bond donors (Lipinski definition) is 2. The van der Waals surface area contributed by atoms with Gasteiger partial charge in [0.1, 0.15) is 11.6 Å². The van der Waals surface area contributed by atoms with Crippen LogP contribution in [0.4, 0.5) is 11.6 Å². The van der Waals surface area contributed by atoms with Crippen LogP contribution in [-0.4, -0.2) is 53.8 Å². The molecule has 1 aromatic rings. The topological polar surface area (TPSA) is 70.3 Å². The molecule has 2 heterocycles. The largest absolute Gasteiger partial charge is 0.354 e. The van der Waals surface area contributed by atoms with E-state index in [0.717, 1.165) is 37.2 Å². The van der Waals surface area contributed by atoms with Crippen molar-refractivity contribution in [1.82, 2.24) is 14.9 Å². The number of aromatic nitrogens is 2. The molecule has 6 nitrogen and oxygen atoms in total. The third-order valence-corrected chi connectivity index (χ3v) is 3.81. The lowest BCUT2D eigenvalue weighted by Gasteiger charge is -2.35. The van der Waals surface area contributed by atoms with Gasteiger partial charge in [-0.15, -0.1) is 0 Å². The second-order valence-electron chi connectivity index (χ2n) is 4.57. The molecule has 0 saturated carbocycles. The van der Waals surface area contributed by atoms with Gasteiger partial charge in [0.05, 0.1) is 0 Å². The maximum atomic E-state index is 5.46. The van der Waals surface area contributed by atoms with Crippen LogP contribution in [0.3, 0.4) is 0 Å². The molecule has 106 valence electrons. The Bertz CT molecular complexity index is 383. The van der Waals surface area contributed by atoms with E-state index in [1.165, 1.54) is 24.7 Å². The van der Waals surface area contributed by atoms with Gasteiger partial charge >= 0.3 is 0 Å². The first-order valence-corrected chi connectivity index (χ1v) is 7.86. The van der Waals surface area contributed by atoms with E-state index < -0.39 is 0 Å². The van der Waals surface area contributed by atoms with Crippen molar-refractivity contribution in [3.8, 4) is 0 Å². The molecular formula is C12H22N6S. The first-order chi connectivity index (χ1) is 9.26. The summed E-state index contributed by atoms with van der Waals surface area (Å²) in [6.45, 7) is 7.61. The summed E-state index contributed by atoms with van der Waals surface area (Å²) < 4.78 is 0. The van der Waals surface area contributed by atoms with Gasteiger partial charge < -0.3 is 10.3 Å². The summed E-state index contributed by atoms with van der Waals surface area (Å²) in [6.07, 6.45) is 3.18. The standard InChI is InChI=1S/C12H22N6S/c1-3-4-17-5-7-18(8-6-17)11-9-10(16-13)14-12(15-11)19-2/h9H,3-8,13H2,1-2H3,(H,14,15,16). The van der Waals surface area contributed by atoms with E-state index in [-0.39, 0.29) is 0 Å². The van der Waals surface area contributed by atoms with Crippen molar-refractivity contribution in [2.45, 2.75) is 18.5 Å². The molecule has 0 amide bonds. The molecule has 0 aliphatic carbocycles. The zero-order valence-electron chi connectivity index (χ0n) is 11.6. The average Bonchev–Trinajstić information content (AvgIpc) is 2.47. The number of nitrogens with one attached hydrogen (secondary N) is 1. The van der Waals surface area contributed by atoms with Gasteiger partial charge in [0.2, 0.25) is 0 Å². The molecular weight excluding hydrogens is 260 g/mol. The van der Waals surface area contributed by atoms with Gasteiger partial charge in [-0.2, -0.15) is 0 Å². The Morgan fingerprint density at radius 2 is 2.05 bits per heavy atom. The Kier molecular flexibility index (Phi) is 5.24. The third-order valence-electron chi connectivity index (χ3n) is 3.26. The van der Waals surface area contributed by atoms with Crippen LogP contribution >= 0.6 is 11.8 Å². The van der Waals surface area contributed by atoms with Crippen molar-refractivity contribution in [2.24, 2.45) is 5.84 Å². The van der Waals surface area contributed by atoms with Crippen molar-refractivity contribution in [2.75, 3.05) is 49.3 Å². The van der Waals surface area contributed by atoms with Gasteiger partial charge in [-0.1, -0.05) is 18.7 Å². The summed E-state index contributed by atoms with van der Waals surface area (Å²) in [5.41, 5.74) is 2.61. The predicted molar refractivity (Wildman–Crippen MR) is 80.6 cm³/mol. The highest BCUT2D eigenvalue weighted by Crippen LogP contribution is 2.21. The van der Waals surface area contributed by atoms with E-state index >= 15 is 0 Å². The van der Waals surface area contributed by atoms with Crippen LogP contribution in [0.5, 0.6) is 0 Å². The molecule has 0 aromatic carbocycles. The normalized spacial score (nSPS) is 16.7. The fourth-order valence-corrected chi connectivity index (χ4v) is 2.63. The summed E-state index contributed by atoms with van der Waals surface area (Å²) in [4.78, 5) is 13.6. The smallest absolute Gasteiger partial charge is 0.191 e. The van der Waals surface area contributed by atoms with Gasteiger partial charge in [-0.25, -0.2) is 15.8 Å². The highest BCUT2D eigenvalue weighted by atomic mass is 32.2. The molecule has 19 heavy (non-hydrogen) atoms. The number of nitrogen functional groups attached to an aromatic ring is 1. The summed E-state index contributed by atoms with van der Waals surface area (Å²) in [6, 6.07) is 1.91. The number of nitrogens with zero attached hydrogens (tertiary/aromatic N) is 4. The van der Waals surface area contributed by atoms with Crippen molar-refractivity contribution in [3.63, 3.8) is 0 Å². The SMILES string of the molecule is CCCN1CCN(c2cc(NN)nc(SC)n2)CC1. The van der Waals surface area contributed by atoms with E-state index in [0.29, 0.717) is 5.82 Å². The molecule has 1 aliphatic heterocycles. The summed E-state index contributed by atoms with van der Waals surface area (Å²) in [5, 5.41) is 0.751. The van der Waals surface area contributed by atoms with E-state index in [1.54, 1.807) is 0 Å². The highest BCUT2D eigenvalue weighted by molar-refractivity contribution is 7.98. The van der Waals surface area contributed by atoms with Crippen LogP contribution in [0.15, 0.2) is 11.2 Å². The molecule has 0 bridgehead atoms. The lowest BCUT2D eigenvalue weighted by Crippen LogP contribution is -2.46. The monoisotopic (exact) mass is 282 g/mol. The predicted octanol–water partition coefficient (Wildman–Crippen LogP) is 1.02. The maximum Gasteiger partial charge on any atom is 0.191 e. The van der Waals surface area contributed by atoms with Crippen LogP contribution < -0.4 is 16.2 Å². The molecule has 3 N–H and O–H groups in total. The average molecular weight is 282 g/mol. The highest BCUT2D eigenvalue weighted by Gasteiger charge is 2.18. The van der Waals surface area contributed by atoms with Crippen molar-refractivity contribution in [3.05, 3.63) is 6.07 Å². The Morgan fingerprint density at radius 3 is 2.63 bits per heavy atom. The Labute approximate surface area is 118 Å². The molecule has 1 saturated heterocycles. The minimum Gasteiger partial charge on any atom is -0.354 e. The lowest BCUT2D eigenvalue weighted by atomic mass is 10.3. The molecule has 1 aliphatic rings. The lowest BCUT2D eigenvalue weighted by molar-refractivity contribution is 0.258. The summed E-state index contributed by atoms with van der Waals surface area (Å²) in [7, 11) is 0. The van der Waals surface area contributed by atoms with Crippen molar-refractivity contribution >= 4 is 23.4 Å².